The normalized spacial score (nSPS) is 12.6. The maximum atomic E-state index is 13.4. The molecule has 0 saturated heterocycles. The molecule has 2 atom stereocenters. The van der Waals surface area contributed by atoms with E-state index in [4.69, 9.17) is 19.4 Å². The molecule has 0 aliphatic carbocycles. The van der Waals surface area contributed by atoms with E-state index in [1.165, 1.54) is 24.3 Å². The van der Waals surface area contributed by atoms with Gasteiger partial charge in [0.25, 0.3) is 0 Å². The number of aryl methyl sites for hydroxylation is 1. The molecule has 0 aliphatic rings. The third kappa shape index (κ3) is 8.52. The molecule has 0 fully saturated rings. The van der Waals surface area contributed by atoms with E-state index in [0.717, 1.165) is 16.7 Å². The molecule has 0 radical (unpaired) electrons. The molecule has 0 saturated carbocycles. The van der Waals surface area contributed by atoms with Gasteiger partial charge in [0.1, 0.15) is 23.9 Å². The van der Waals surface area contributed by atoms with E-state index in [1.54, 1.807) is 24.3 Å². The Labute approximate surface area is 246 Å². The standard InChI is InChI=1S/C33H33NO7S/c1-24-12-18-30(19-13-24)42(37,38)41-29-16-14-27(15-17-29)32(33(36)40-23-26-10-6-3-7-11-26)28(21-34)20-31(35)39-22-25-8-4-2-5-9-25/h2-19,28,32H,20-23,34H2,1H3. The molecule has 2 unspecified atom stereocenters. The lowest BCUT2D eigenvalue weighted by atomic mass is 9.83. The van der Waals surface area contributed by atoms with Crippen LogP contribution in [0.1, 0.15) is 34.6 Å². The number of rotatable bonds is 13. The van der Waals surface area contributed by atoms with E-state index in [9.17, 15) is 18.0 Å². The number of ether oxygens (including phenoxy) is 2. The third-order valence-corrected chi connectivity index (χ3v) is 7.94. The van der Waals surface area contributed by atoms with E-state index in [0.29, 0.717) is 5.56 Å². The number of nitrogens with two attached hydrogens (primary N) is 1. The number of carbonyl (C=O) groups is 2. The highest BCUT2D eigenvalue weighted by Gasteiger charge is 2.33. The molecule has 4 aromatic rings. The van der Waals surface area contributed by atoms with Crippen LogP contribution in [0.3, 0.4) is 0 Å². The average molecular weight is 588 g/mol. The predicted octanol–water partition coefficient (Wildman–Crippen LogP) is 5.30. The van der Waals surface area contributed by atoms with Crippen LogP contribution in [0.4, 0.5) is 0 Å². The molecule has 0 amide bonds. The van der Waals surface area contributed by atoms with Crippen molar-refractivity contribution in [3.8, 4) is 5.75 Å². The zero-order valence-corrected chi connectivity index (χ0v) is 24.0. The van der Waals surface area contributed by atoms with Gasteiger partial charge in [0, 0.05) is 0 Å². The highest BCUT2D eigenvalue weighted by Crippen LogP contribution is 2.31. The molecule has 0 aromatic heterocycles. The summed E-state index contributed by atoms with van der Waals surface area (Å²) in [5.74, 6) is -2.54. The van der Waals surface area contributed by atoms with Gasteiger partial charge in [-0.15, -0.1) is 0 Å². The molecule has 4 aromatic carbocycles. The van der Waals surface area contributed by atoms with Crippen molar-refractivity contribution in [2.24, 2.45) is 11.7 Å². The zero-order chi connectivity index (χ0) is 30.0. The van der Waals surface area contributed by atoms with Crippen LogP contribution < -0.4 is 9.92 Å². The molecule has 0 aliphatic heterocycles. The minimum atomic E-state index is -4.06. The fourth-order valence-electron chi connectivity index (χ4n) is 4.38. The second-order valence-electron chi connectivity index (χ2n) is 9.84. The van der Waals surface area contributed by atoms with Crippen molar-refractivity contribution < 1.29 is 31.7 Å². The van der Waals surface area contributed by atoms with Gasteiger partial charge in [0.15, 0.2) is 0 Å². The lowest BCUT2D eigenvalue weighted by Crippen LogP contribution is -2.31. The monoisotopic (exact) mass is 587 g/mol. The number of esters is 2. The Bertz CT molecular complexity index is 1560. The summed E-state index contributed by atoms with van der Waals surface area (Å²) in [6.45, 7) is 2.00. The number of hydrogen-bond donors (Lipinski definition) is 1. The third-order valence-electron chi connectivity index (χ3n) is 6.68. The highest BCUT2D eigenvalue weighted by atomic mass is 32.2. The Kier molecular flexibility index (Phi) is 10.5. The first-order valence-corrected chi connectivity index (χ1v) is 14.9. The predicted molar refractivity (Wildman–Crippen MR) is 158 cm³/mol. The maximum Gasteiger partial charge on any atom is 0.339 e. The van der Waals surface area contributed by atoms with Gasteiger partial charge < -0.3 is 19.4 Å². The minimum absolute atomic E-state index is 0.00555. The molecule has 9 heteroatoms. The van der Waals surface area contributed by atoms with Crippen LogP contribution in [0.2, 0.25) is 0 Å². The largest absolute Gasteiger partial charge is 0.461 e. The summed E-state index contributed by atoms with van der Waals surface area (Å²) in [6, 6.07) is 30.9. The molecule has 42 heavy (non-hydrogen) atoms. The smallest absolute Gasteiger partial charge is 0.339 e. The van der Waals surface area contributed by atoms with Crippen LogP contribution in [-0.4, -0.2) is 26.9 Å². The summed E-state index contributed by atoms with van der Waals surface area (Å²) >= 11 is 0. The van der Waals surface area contributed by atoms with E-state index in [2.05, 4.69) is 0 Å². The van der Waals surface area contributed by atoms with Crippen molar-refractivity contribution in [3.63, 3.8) is 0 Å². The molecular formula is C33H33NO7S. The number of carbonyl (C=O) groups excluding carboxylic acids is 2. The Hall–Kier alpha value is -4.47. The van der Waals surface area contributed by atoms with E-state index in [-0.39, 0.29) is 36.8 Å². The first kappa shape index (κ1) is 30.5. The molecule has 218 valence electrons. The summed E-state index contributed by atoms with van der Waals surface area (Å²) in [5, 5.41) is 0. The van der Waals surface area contributed by atoms with E-state index < -0.39 is 33.9 Å². The van der Waals surface area contributed by atoms with Crippen molar-refractivity contribution >= 4 is 22.1 Å². The van der Waals surface area contributed by atoms with Gasteiger partial charge in [0.2, 0.25) is 0 Å². The molecule has 0 spiro atoms. The van der Waals surface area contributed by atoms with Gasteiger partial charge in [0.05, 0.1) is 12.3 Å². The molecule has 2 N–H and O–H groups in total. The molecule has 0 bridgehead atoms. The topological polar surface area (TPSA) is 122 Å². The van der Waals surface area contributed by atoms with Crippen molar-refractivity contribution in [2.75, 3.05) is 6.54 Å². The Balaban J connectivity index is 1.52. The van der Waals surface area contributed by atoms with Crippen molar-refractivity contribution in [2.45, 2.75) is 37.4 Å². The van der Waals surface area contributed by atoms with Crippen molar-refractivity contribution in [3.05, 3.63) is 131 Å². The Morgan fingerprint density at radius 2 is 1.29 bits per heavy atom. The summed E-state index contributed by atoms with van der Waals surface area (Å²) < 4.78 is 41.9. The van der Waals surface area contributed by atoms with Gasteiger partial charge in [-0.3, -0.25) is 9.59 Å². The number of benzene rings is 4. The molecule has 8 nitrogen and oxygen atoms in total. The second kappa shape index (κ2) is 14.4. The molecule has 4 rings (SSSR count). The Morgan fingerprint density at radius 3 is 1.83 bits per heavy atom. The SMILES string of the molecule is Cc1ccc(S(=O)(=O)Oc2ccc(C(C(=O)OCc3ccccc3)C(CN)CC(=O)OCc3ccccc3)cc2)cc1. The first-order valence-electron chi connectivity index (χ1n) is 13.5. The second-order valence-corrected chi connectivity index (χ2v) is 11.4. The lowest BCUT2D eigenvalue weighted by Gasteiger charge is -2.25. The van der Waals surface area contributed by atoms with Gasteiger partial charge in [-0.1, -0.05) is 90.5 Å². The summed E-state index contributed by atoms with van der Waals surface area (Å²) in [6.07, 6.45) is -0.117. The summed E-state index contributed by atoms with van der Waals surface area (Å²) in [4.78, 5) is 26.2. The van der Waals surface area contributed by atoms with Crippen LogP contribution in [-0.2, 0) is 42.4 Å². The van der Waals surface area contributed by atoms with E-state index in [1.807, 2.05) is 67.6 Å². The quantitative estimate of drug-likeness (QED) is 0.165. The van der Waals surface area contributed by atoms with Gasteiger partial charge >= 0.3 is 22.1 Å². The van der Waals surface area contributed by atoms with Crippen LogP contribution >= 0.6 is 0 Å². The van der Waals surface area contributed by atoms with Crippen LogP contribution in [0.15, 0.2) is 114 Å². The van der Waals surface area contributed by atoms with Crippen LogP contribution in [0, 0.1) is 12.8 Å². The fourth-order valence-corrected chi connectivity index (χ4v) is 5.31. The maximum absolute atomic E-state index is 13.4. The van der Waals surface area contributed by atoms with Gasteiger partial charge in [-0.25, -0.2) is 0 Å². The van der Waals surface area contributed by atoms with Gasteiger partial charge in [-0.05, 0) is 60.3 Å². The lowest BCUT2D eigenvalue weighted by molar-refractivity contribution is -0.150. The fraction of sp³-hybridized carbons (Fsp3) is 0.212. The van der Waals surface area contributed by atoms with Crippen LogP contribution in [0.25, 0.3) is 0 Å². The van der Waals surface area contributed by atoms with Crippen molar-refractivity contribution in [1.29, 1.82) is 0 Å². The van der Waals surface area contributed by atoms with Crippen LogP contribution in [0.5, 0.6) is 5.75 Å². The molecular weight excluding hydrogens is 554 g/mol. The first-order chi connectivity index (χ1) is 20.2. The zero-order valence-electron chi connectivity index (χ0n) is 23.2. The van der Waals surface area contributed by atoms with E-state index >= 15 is 0 Å². The summed E-state index contributed by atoms with van der Waals surface area (Å²) in [7, 11) is -4.06. The van der Waals surface area contributed by atoms with Crippen molar-refractivity contribution in [1.82, 2.24) is 0 Å². The number of hydrogen-bond acceptors (Lipinski definition) is 8. The highest BCUT2D eigenvalue weighted by molar-refractivity contribution is 7.87. The molecule has 0 heterocycles. The summed E-state index contributed by atoms with van der Waals surface area (Å²) in [5.41, 5.74) is 9.14. The Morgan fingerprint density at radius 1 is 0.738 bits per heavy atom. The minimum Gasteiger partial charge on any atom is -0.461 e. The van der Waals surface area contributed by atoms with Gasteiger partial charge in [-0.2, -0.15) is 8.42 Å². The average Bonchev–Trinajstić information content (AvgIpc) is 3.00.